The van der Waals surface area contributed by atoms with Gasteiger partial charge in [0, 0.05) is 13.1 Å². The van der Waals surface area contributed by atoms with Crippen LogP contribution < -0.4 is 0 Å². The number of aromatic nitrogens is 1. The fourth-order valence-electron chi connectivity index (χ4n) is 1.45. The first-order valence-corrected chi connectivity index (χ1v) is 6.08. The number of aliphatic hydroxyl groups is 1. The minimum atomic E-state index is -0.241. The average Bonchev–Trinajstić information content (AvgIpc) is 2.28. The fraction of sp³-hybridized carbons (Fsp3) is 0.455. The number of halogens is 2. The van der Waals surface area contributed by atoms with E-state index in [1.807, 2.05) is 6.92 Å². The summed E-state index contributed by atoms with van der Waals surface area (Å²) in [7, 11) is 0. The molecule has 0 aliphatic carbocycles. The van der Waals surface area contributed by atoms with E-state index in [2.05, 4.69) is 4.98 Å². The summed E-state index contributed by atoms with van der Waals surface area (Å²) >= 11 is 11.5. The van der Waals surface area contributed by atoms with E-state index in [1.165, 1.54) is 11.0 Å². The molecule has 0 aliphatic heterocycles. The summed E-state index contributed by atoms with van der Waals surface area (Å²) in [5.74, 6) is -0.241. The monoisotopic (exact) mass is 276 g/mol. The molecule has 94 valence electrons. The Bertz CT molecular complexity index is 393. The summed E-state index contributed by atoms with van der Waals surface area (Å²) in [5.41, 5.74) is 0.304. The van der Waals surface area contributed by atoms with E-state index in [4.69, 9.17) is 28.3 Å². The van der Waals surface area contributed by atoms with E-state index in [9.17, 15) is 4.79 Å². The second-order valence-corrected chi connectivity index (χ2v) is 4.23. The zero-order chi connectivity index (χ0) is 12.8. The van der Waals surface area contributed by atoms with Crippen LogP contribution in [0, 0.1) is 0 Å². The van der Waals surface area contributed by atoms with Crippen LogP contribution in [-0.2, 0) is 0 Å². The molecule has 1 aromatic rings. The summed E-state index contributed by atoms with van der Waals surface area (Å²) in [6.07, 6.45) is 0.810. The van der Waals surface area contributed by atoms with Crippen LogP contribution in [0.2, 0.25) is 10.3 Å². The largest absolute Gasteiger partial charge is 0.395 e. The van der Waals surface area contributed by atoms with Crippen LogP contribution in [-0.4, -0.2) is 40.6 Å². The van der Waals surface area contributed by atoms with Gasteiger partial charge in [0.1, 0.15) is 10.3 Å². The van der Waals surface area contributed by atoms with Crippen molar-refractivity contribution in [2.45, 2.75) is 13.3 Å². The minimum absolute atomic E-state index is 0.0790. The van der Waals surface area contributed by atoms with Crippen molar-refractivity contribution < 1.29 is 9.90 Å². The lowest BCUT2D eigenvalue weighted by atomic mass is 10.2. The van der Waals surface area contributed by atoms with Crippen LogP contribution >= 0.6 is 23.2 Å². The highest BCUT2D eigenvalue weighted by molar-refractivity contribution is 6.34. The minimum Gasteiger partial charge on any atom is -0.395 e. The first kappa shape index (κ1) is 14.2. The molecule has 1 aromatic heterocycles. The quantitative estimate of drug-likeness (QED) is 0.840. The molecular formula is C11H14Cl2N2O2. The molecule has 1 amide bonds. The van der Waals surface area contributed by atoms with Crippen LogP contribution in [0.25, 0.3) is 0 Å². The Morgan fingerprint density at radius 3 is 2.65 bits per heavy atom. The Kier molecular flexibility index (Phi) is 5.68. The van der Waals surface area contributed by atoms with Crippen LogP contribution in [0.3, 0.4) is 0 Å². The van der Waals surface area contributed by atoms with Crippen LogP contribution in [0.15, 0.2) is 12.1 Å². The number of carbonyl (C=O) groups is 1. The van der Waals surface area contributed by atoms with Crippen molar-refractivity contribution in [3.63, 3.8) is 0 Å². The van der Waals surface area contributed by atoms with E-state index in [0.29, 0.717) is 12.1 Å². The number of nitrogens with zero attached hydrogens (tertiary/aromatic N) is 2. The second kappa shape index (κ2) is 6.79. The van der Waals surface area contributed by atoms with Crippen LogP contribution in [0.5, 0.6) is 0 Å². The lowest BCUT2D eigenvalue weighted by molar-refractivity contribution is 0.0722. The van der Waals surface area contributed by atoms with E-state index < -0.39 is 0 Å². The van der Waals surface area contributed by atoms with Crippen molar-refractivity contribution >= 4 is 29.1 Å². The molecule has 0 fully saturated rings. The van der Waals surface area contributed by atoms with Crippen LogP contribution in [0.4, 0.5) is 0 Å². The molecule has 1 heterocycles. The molecule has 0 aliphatic rings. The van der Waals surface area contributed by atoms with Gasteiger partial charge >= 0.3 is 0 Å². The first-order valence-electron chi connectivity index (χ1n) is 5.32. The third kappa shape index (κ3) is 3.84. The highest BCUT2D eigenvalue weighted by Crippen LogP contribution is 2.18. The number of carbonyl (C=O) groups excluding carboxylic acids is 1. The Hall–Kier alpha value is -0.840. The maximum atomic E-state index is 12.1. The van der Waals surface area contributed by atoms with Gasteiger partial charge in [-0.15, -0.1) is 0 Å². The summed E-state index contributed by atoms with van der Waals surface area (Å²) in [6.45, 7) is 2.73. The predicted molar refractivity (Wildman–Crippen MR) is 67.5 cm³/mol. The van der Waals surface area contributed by atoms with Gasteiger partial charge in [-0.1, -0.05) is 30.1 Å². The predicted octanol–water partition coefficient (Wildman–Crippen LogP) is 2.23. The van der Waals surface area contributed by atoms with Crippen molar-refractivity contribution in [2.24, 2.45) is 0 Å². The van der Waals surface area contributed by atoms with Crippen LogP contribution in [0.1, 0.15) is 23.7 Å². The topological polar surface area (TPSA) is 53.4 Å². The number of pyridine rings is 1. The lowest BCUT2D eigenvalue weighted by Gasteiger charge is -2.21. The zero-order valence-corrected chi connectivity index (χ0v) is 11.0. The highest BCUT2D eigenvalue weighted by atomic mass is 35.5. The number of rotatable bonds is 5. The maximum absolute atomic E-state index is 12.1. The number of aliphatic hydroxyl groups excluding tert-OH is 1. The molecule has 1 rings (SSSR count). The summed E-state index contributed by atoms with van der Waals surface area (Å²) in [4.78, 5) is 17.5. The normalized spacial score (nSPS) is 10.4. The highest BCUT2D eigenvalue weighted by Gasteiger charge is 2.18. The summed E-state index contributed by atoms with van der Waals surface area (Å²) < 4.78 is 0. The number of hydrogen-bond donors (Lipinski definition) is 1. The van der Waals surface area contributed by atoms with Gasteiger partial charge in [0.25, 0.3) is 5.91 Å². The molecule has 0 radical (unpaired) electrons. The molecule has 0 unspecified atom stereocenters. The van der Waals surface area contributed by atoms with Gasteiger partial charge in [-0.25, -0.2) is 4.98 Å². The molecule has 0 saturated carbocycles. The molecule has 0 saturated heterocycles. The maximum Gasteiger partial charge on any atom is 0.257 e. The lowest BCUT2D eigenvalue weighted by Crippen LogP contribution is -2.34. The van der Waals surface area contributed by atoms with Gasteiger partial charge in [-0.3, -0.25) is 4.79 Å². The summed E-state index contributed by atoms with van der Waals surface area (Å²) in [6, 6.07) is 3.06. The standard InChI is InChI=1S/C11H14Cl2N2O2/c1-2-5-15(6-7-16)11(17)8-3-4-9(12)14-10(8)13/h3-4,16H,2,5-7H2,1H3. The van der Waals surface area contributed by atoms with Gasteiger partial charge in [0.2, 0.25) is 0 Å². The van der Waals surface area contributed by atoms with Gasteiger partial charge in [0.15, 0.2) is 0 Å². The average molecular weight is 277 g/mol. The molecular weight excluding hydrogens is 263 g/mol. The summed E-state index contributed by atoms with van der Waals surface area (Å²) in [5, 5.41) is 9.24. The Labute approximate surface area is 110 Å². The molecule has 0 atom stereocenters. The van der Waals surface area contributed by atoms with Gasteiger partial charge < -0.3 is 10.0 Å². The molecule has 0 bridgehead atoms. The SMILES string of the molecule is CCCN(CCO)C(=O)c1ccc(Cl)nc1Cl. The fourth-order valence-corrected chi connectivity index (χ4v) is 1.87. The molecule has 0 spiro atoms. The third-order valence-corrected chi connectivity index (χ3v) is 2.69. The van der Waals surface area contributed by atoms with Gasteiger partial charge in [-0.05, 0) is 18.6 Å². The zero-order valence-electron chi connectivity index (χ0n) is 9.49. The van der Waals surface area contributed by atoms with Crippen molar-refractivity contribution in [3.8, 4) is 0 Å². The number of hydrogen-bond acceptors (Lipinski definition) is 3. The van der Waals surface area contributed by atoms with Gasteiger partial charge in [0.05, 0.1) is 12.2 Å². The van der Waals surface area contributed by atoms with Crippen molar-refractivity contribution in [1.82, 2.24) is 9.88 Å². The van der Waals surface area contributed by atoms with E-state index in [0.717, 1.165) is 6.42 Å². The van der Waals surface area contributed by atoms with Crippen molar-refractivity contribution in [3.05, 3.63) is 28.0 Å². The Balaban J connectivity index is 2.92. The molecule has 1 N–H and O–H groups in total. The number of amides is 1. The molecule has 17 heavy (non-hydrogen) atoms. The van der Waals surface area contributed by atoms with E-state index in [-0.39, 0.29) is 29.4 Å². The molecule has 6 heteroatoms. The second-order valence-electron chi connectivity index (χ2n) is 3.49. The Morgan fingerprint density at radius 1 is 1.41 bits per heavy atom. The third-order valence-electron chi connectivity index (χ3n) is 2.20. The van der Waals surface area contributed by atoms with Gasteiger partial charge in [-0.2, -0.15) is 0 Å². The van der Waals surface area contributed by atoms with E-state index in [1.54, 1.807) is 6.07 Å². The van der Waals surface area contributed by atoms with Crippen molar-refractivity contribution in [1.29, 1.82) is 0 Å². The van der Waals surface area contributed by atoms with Crippen molar-refractivity contribution in [2.75, 3.05) is 19.7 Å². The van der Waals surface area contributed by atoms with E-state index >= 15 is 0 Å². The molecule has 0 aromatic carbocycles. The Morgan fingerprint density at radius 2 is 2.12 bits per heavy atom. The molecule has 4 nitrogen and oxygen atoms in total. The smallest absolute Gasteiger partial charge is 0.257 e. The first-order chi connectivity index (χ1) is 8.10.